The molecule has 4 rings (SSSR count). The van der Waals surface area contributed by atoms with E-state index in [-0.39, 0.29) is 30.8 Å². The van der Waals surface area contributed by atoms with Crippen molar-refractivity contribution in [2.24, 2.45) is 0 Å². The lowest BCUT2D eigenvalue weighted by Crippen LogP contribution is -2.41. The second-order valence-electron chi connectivity index (χ2n) is 6.38. The number of hydrogen-bond acceptors (Lipinski definition) is 5. The molecule has 6 heteroatoms. The van der Waals surface area contributed by atoms with E-state index in [1.807, 2.05) is 41.3 Å². The summed E-state index contributed by atoms with van der Waals surface area (Å²) in [5.41, 5.74) is 2.06. The van der Waals surface area contributed by atoms with E-state index in [1.165, 1.54) is 23.3 Å². The highest BCUT2D eigenvalue weighted by molar-refractivity contribution is 7.14. The minimum absolute atomic E-state index is 0.00618. The van der Waals surface area contributed by atoms with Gasteiger partial charge in [-0.15, -0.1) is 11.3 Å². The van der Waals surface area contributed by atoms with Gasteiger partial charge in [-0.05, 0) is 30.0 Å². The maximum atomic E-state index is 12.7. The summed E-state index contributed by atoms with van der Waals surface area (Å²) in [6.45, 7) is 0.277. The normalized spacial score (nSPS) is 20.9. The molecule has 5 nitrogen and oxygen atoms in total. The van der Waals surface area contributed by atoms with Crippen LogP contribution in [0.5, 0.6) is 0 Å². The number of amides is 1. The van der Waals surface area contributed by atoms with E-state index in [2.05, 4.69) is 0 Å². The second kappa shape index (κ2) is 6.52. The first-order valence-corrected chi connectivity index (χ1v) is 9.19. The van der Waals surface area contributed by atoms with Crippen LogP contribution in [0.25, 0.3) is 0 Å². The van der Waals surface area contributed by atoms with Crippen LogP contribution in [0.4, 0.5) is 4.79 Å². The number of nitrogens with zero attached hydrogens (tertiary/aromatic N) is 1. The van der Waals surface area contributed by atoms with Gasteiger partial charge in [-0.3, -0.25) is 4.90 Å². The maximum Gasteiger partial charge on any atom is 0.410 e. The molecule has 0 N–H and O–H groups in total. The van der Waals surface area contributed by atoms with Gasteiger partial charge in [-0.1, -0.05) is 30.3 Å². The van der Waals surface area contributed by atoms with Crippen molar-refractivity contribution in [1.82, 2.24) is 4.90 Å². The summed E-state index contributed by atoms with van der Waals surface area (Å²) in [6.07, 6.45) is 2.40. The van der Waals surface area contributed by atoms with Crippen molar-refractivity contribution in [3.05, 3.63) is 57.3 Å². The van der Waals surface area contributed by atoms with Crippen LogP contribution in [0, 0.1) is 0 Å². The number of thiophene rings is 1. The predicted molar refractivity (Wildman–Crippen MR) is 93.6 cm³/mol. The number of carbonyl (C=O) groups is 2. The van der Waals surface area contributed by atoms with E-state index >= 15 is 0 Å². The molecule has 130 valence electrons. The summed E-state index contributed by atoms with van der Waals surface area (Å²) < 4.78 is 10.4. The Morgan fingerprint density at radius 1 is 1.24 bits per heavy atom. The van der Waals surface area contributed by atoms with Gasteiger partial charge in [-0.2, -0.15) is 0 Å². The Balaban J connectivity index is 1.51. The van der Waals surface area contributed by atoms with Crippen LogP contribution >= 0.6 is 11.3 Å². The van der Waals surface area contributed by atoms with Gasteiger partial charge in [0, 0.05) is 17.3 Å². The molecule has 2 aliphatic heterocycles. The molecule has 1 aromatic carbocycles. The first kappa shape index (κ1) is 16.1. The van der Waals surface area contributed by atoms with E-state index in [0.29, 0.717) is 4.88 Å². The van der Waals surface area contributed by atoms with Gasteiger partial charge >= 0.3 is 12.1 Å². The molecule has 1 aromatic heterocycles. The van der Waals surface area contributed by atoms with Crippen LogP contribution in [0.3, 0.4) is 0 Å². The van der Waals surface area contributed by atoms with Crippen LogP contribution in [0.15, 0.2) is 36.4 Å². The fraction of sp³-hybridized carbons (Fsp3) is 0.368. The molecule has 2 unspecified atom stereocenters. The summed E-state index contributed by atoms with van der Waals surface area (Å²) >= 11 is 1.49. The number of fused-ring (bicyclic) bond motifs is 4. The van der Waals surface area contributed by atoms with Crippen LogP contribution in [0.1, 0.15) is 44.6 Å². The summed E-state index contributed by atoms with van der Waals surface area (Å²) in [5.74, 6) is -0.312. The summed E-state index contributed by atoms with van der Waals surface area (Å²) in [4.78, 5) is 28.1. The Kier molecular flexibility index (Phi) is 4.21. The zero-order valence-corrected chi connectivity index (χ0v) is 14.8. The average Bonchev–Trinajstić information content (AvgIpc) is 3.22. The Hall–Kier alpha value is -2.34. The van der Waals surface area contributed by atoms with E-state index in [4.69, 9.17) is 9.47 Å². The molecule has 25 heavy (non-hydrogen) atoms. The molecular weight excluding hydrogens is 338 g/mol. The number of esters is 1. The molecule has 2 aliphatic rings. The summed E-state index contributed by atoms with van der Waals surface area (Å²) in [5, 5.41) is 0. The zero-order valence-electron chi connectivity index (χ0n) is 13.9. The fourth-order valence-electron chi connectivity index (χ4n) is 3.76. The molecule has 3 heterocycles. The Morgan fingerprint density at radius 2 is 2.04 bits per heavy atom. The van der Waals surface area contributed by atoms with E-state index in [0.717, 1.165) is 30.4 Å². The van der Waals surface area contributed by atoms with Crippen molar-refractivity contribution >= 4 is 23.4 Å². The SMILES string of the molecule is COC(=O)c1cc2c(s1)CC1CCC2N1C(=O)OCc1ccccc1. The van der Waals surface area contributed by atoms with Crippen LogP contribution in [0.2, 0.25) is 0 Å². The van der Waals surface area contributed by atoms with Crippen molar-refractivity contribution in [1.29, 1.82) is 0 Å². The highest BCUT2D eigenvalue weighted by Crippen LogP contribution is 2.47. The Labute approximate surface area is 150 Å². The Bertz CT molecular complexity index is 801. The molecule has 0 aliphatic carbocycles. The van der Waals surface area contributed by atoms with Crippen LogP contribution in [-0.2, 0) is 22.5 Å². The number of rotatable bonds is 3. The zero-order chi connectivity index (χ0) is 17.4. The summed E-state index contributed by atoms with van der Waals surface area (Å²) in [7, 11) is 1.39. The highest BCUT2D eigenvalue weighted by Gasteiger charge is 2.44. The third kappa shape index (κ3) is 2.91. The number of methoxy groups -OCH3 is 1. The molecule has 1 saturated heterocycles. The van der Waals surface area contributed by atoms with Crippen LogP contribution < -0.4 is 0 Å². The van der Waals surface area contributed by atoms with Gasteiger partial charge < -0.3 is 9.47 Å². The molecule has 2 bridgehead atoms. The third-order valence-corrected chi connectivity index (χ3v) is 6.08. The lowest BCUT2D eigenvalue weighted by atomic mass is 10.0. The minimum atomic E-state index is -0.312. The van der Waals surface area contributed by atoms with E-state index in [9.17, 15) is 9.59 Å². The maximum absolute atomic E-state index is 12.7. The van der Waals surface area contributed by atoms with Gasteiger partial charge in [0.1, 0.15) is 11.5 Å². The number of benzene rings is 1. The smallest absolute Gasteiger partial charge is 0.410 e. The molecule has 1 fully saturated rings. The van der Waals surface area contributed by atoms with Gasteiger partial charge in [0.05, 0.1) is 13.2 Å². The molecule has 0 saturated carbocycles. The van der Waals surface area contributed by atoms with E-state index < -0.39 is 0 Å². The number of carbonyl (C=O) groups excluding carboxylic acids is 2. The predicted octanol–water partition coefficient (Wildman–Crippen LogP) is 3.93. The molecular formula is C19H19NO4S. The lowest BCUT2D eigenvalue weighted by Gasteiger charge is -2.33. The van der Waals surface area contributed by atoms with Gasteiger partial charge in [0.25, 0.3) is 0 Å². The van der Waals surface area contributed by atoms with Crippen LogP contribution in [-0.4, -0.2) is 30.1 Å². The topological polar surface area (TPSA) is 55.8 Å². The first-order chi connectivity index (χ1) is 12.2. The standard InChI is InChI=1S/C19H19NO4S/c1-23-18(21)17-10-14-15-8-7-13(9-16(14)25-17)20(15)19(22)24-11-12-5-3-2-4-6-12/h2-6,10,13,15H,7-9,11H2,1H3. The molecule has 1 amide bonds. The highest BCUT2D eigenvalue weighted by atomic mass is 32.1. The van der Waals surface area contributed by atoms with Crippen molar-refractivity contribution < 1.29 is 19.1 Å². The summed E-state index contributed by atoms with van der Waals surface area (Å²) in [6, 6.07) is 11.7. The second-order valence-corrected chi connectivity index (χ2v) is 7.52. The third-order valence-electron chi connectivity index (χ3n) is 4.93. The van der Waals surface area contributed by atoms with E-state index in [1.54, 1.807) is 0 Å². The lowest BCUT2D eigenvalue weighted by molar-refractivity contribution is 0.0606. The molecule has 0 spiro atoms. The van der Waals surface area contributed by atoms with Gasteiger partial charge in [-0.25, -0.2) is 9.59 Å². The van der Waals surface area contributed by atoms with Crippen molar-refractivity contribution in [3.8, 4) is 0 Å². The number of hydrogen-bond donors (Lipinski definition) is 0. The van der Waals surface area contributed by atoms with Gasteiger partial charge in [0.2, 0.25) is 0 Å². The Morgan fingerprint density at radius 3 is 2.80 bits per heavy atom. The monoisotopic (exact) mass is 357 g/mol. The van der Waals surface area contributed by atoms with Gasteiger partial charge in [0.15, 0.2) is 0 Å². The molecule has 2 atom stereocenters. The van der Waals surface area contributed by atoms with Crippen molar-refractivity contribution in [3.63, 3.8) is 0 Å². The largest absolute Gasteiger partial charge is 0.465 e. The van der Waals surface area contributed by atoms with Crippen molar-refractivity contribution in [2.45, 2.75) is 38.0 Å². The molecule has 0 radical (unpaired) electrons. The average molecular weight is 357 g/mol. The first-order valence-electron chi connectivity index (χ1n) is 8.37. The number of ether oxygens (including phenoxy) is 2. The molecule has 2 aromatic rings. The van der Waals surface area contributed by atoms with Crippen molar-refractivity contribution in [2.75, 3.05) is 7.11 Å². The minimum Gasteiger partial charge on any atom is -0.465 e. The fourth-order valence-corrected chi connectivity index (χ4v) is 4.96. The quantitative estimate of drug-likeness (QED) is 0.781.